The third-order valence-electron chi connectivity index (χ3n) is 14.4. The molecule has 8 rings (SSSR count). The molecule has 4 aliphatic heterocycles. The van der Waals surface area contributed by atoms with E-state index in [1.165, 1.54) is 9.91 Å². The Morgan fingerprint density at radius 2 is 1.82 bits per heavy atom. The van der Waals surface area contributed by atoms with E-state index in [2.05, 4.69) is 59.6 Å². The van der Waals surface area contributed by atoms with Crippen molar-refractivity contribution in [3.63, 3.8) is 0 Å². The number of esters is 1. The number of benzene rings is 2. The van der Waals surface area contributed by atoms with Crippen LogP contribution in [-0.2, 0) is 52.8 Å². The molecule has 1 unspecified atom stereocenters. The monoisotopic (exact) mass is 933 g/mol. The summed E-state index contributed by atoms with van der Waals surface area (Å²) in [5.74, 6) is -2.56. The number of phenols is 1. The van der Waals surface area contributed by atoms with Crippen LogP contribution < -0.4 is 16.1 Å². The average Bonchev–Trinajstić information content (AvgIpc) is 4.04. The van der Waals surface area contributed by atoms with E-state index in [0.717, 1.165) is 44.5 Å². The Kier molecular flexibility index (Phi) is 14.0. The fourth-order valence-electron chi connectivity index (χ4n) is 10.7. The Morgan fingerprint density at radius 3 is 2.53 bits per heavy atom. The summed E-state index contributed by atoms with van der Waals surface area (Å²) >= 11 is 0. The predicted molar refractivity (Wildman–Crippen MR) is 258 cm³/mol. The number of hydrazine groups is 1. The molecule has 4 aromatic rings. The van der Waals surface area contributed by atoms with E-state index in [1.807, 2.05) is 45.9 Å². The number of carbonyl (C=O) groups excluding carboxylic acids is 5. The van der Waals surface area contributed by atoms with Crippen LogP contribution in [0, 0.1) is 17.3 Å². The number of carbonyl (C=O) groups is 5. The second-order valence-corrected chi connectivity index (χ2v) is 20.3. The second kappa shape index (κ2) is 19.6. The maximum atomic E-state index is 14.8. The van der Waals surface area contributed by atoms with Gasteiger partial charge in [-0.1, -0.05) is 39.8 Å². The van der Waals surface area contributed by atoms with Gasteiger partial charge in [-0.15, -0.1) is 0 Å². The van der Waals surface area contributed by atoms with Crippen molar-refractivity contribution in [2.45, 2.75) is 123 Å². The number of likely N-dealkylation sites (tertiary alicyclic amines) is 1. The lowest BCUT2D eigenvalue weighted by Gasteiger charge is -2.37. The lowest BCUT2D eigenvalue weighted by molar-refractivity contribution is -0.155. The largest absolute Gasteiger partial charge is 0.508 e. The SMILES string of the molecule is CCn1c(-c2cccnc2[C@H](C)OC)c2c3cc(ccc31)-c1cc(O)cc(c1)C[C@H](NC(=O)C(C(C)C)N(C)C(=O)[C@@H]1CCN(C(=O)[C@H]3CN3)[C@@H]1C)C(=O)N1CCC[C@H](N1)C(=O)OCC(C)(C)C2. The highest BCUT2D eigenvalue weighted by atomic mass is 16.5. The van der Waals surface area contributed by atoms with Crippen LogP contribution in [-0.4, -0.2) is 130 Å². The number of aromatic hydroxyl groups is 1. The molecule has 4 N–H and O–H groups in total. The Bertz CT molecular complexity index is 2590. The molecule has 16 heteroatoms. The second-order valence-electron chi connectivity index (χ2n) is 20.3. The number of aromatic nitrogens is 2. The lowest BCUT2D eigenvalue weighted by Crippen LogP contribution is -2.62. The highest BCUT2D eigenvalue weighted by Crippen LogP contribution is 2.42. The van der Waals surface area contributed by atoms with Crippen molar-refractivity contribution >= 4 is 40.5 Å². The van der Waals surface area contributed by atoms with Crippen LogP contribution in [0.25, 0.3) is 33.3 Å². The number of nitrogens with one attached hydrogen (secondary N) is 3. The van der Waals surface area contributed by atoms with Gasteiger partial charge in [0.1, 0.15) is 23.9 Å². The number of hydrogen-bond donors (Lipinski definition) is 4. The first-order chi connectivity index (χ1) is 32.4. The van der Waals surface area contributed by atoms with Gasteiger partial charge in [0, 0.05) is 80.9 Å². The van der Waals surface area contributed by atoms with Gasteiger partial charge in [0.15, 0.2) is 0 Å². The van der Waals surface area contributed by atoms with Gasteiger partial charge in [0.05, 0.1) is 36.1 Å². The zero-order valence-corrected chi connectivity index (χ0v) is 40.9. The Morgan fingerprint density at radius 1 is 1.06 bits per heavy atom. The van der Waals surface area contributed by atoms with E-state index >= 15 is 0 Å². The third-order valence-corrected chi connectivity index (χ3v) is 14.4. The van der Waals surface area contributed by atoms with Gasteiger partial charge in [-0.2, -0.15) is 0 Å². The number of fused-ring (bicyclic) bond motifs is 6. The predicted octanol–water partition coefficient (Wildman–Crippen LogP) is 5.14. The van der Waals surface area contributed by atoms with Gasteiger partial charge < -0.3 is 39.6 Å². The standard InChI is InChI=1S/C52H68N8O8/c1-10-58-43-16-15-33-25-38(43)39(46(58)37-13-11-18-53-44(37)31(5)67-9)26-52(6,7)28-68-51(66)40-14-12-19-60(56-40)50(65)41(23-32-21-34(33)24-35(61)22-32)55-47(62)45(29(2)3)57(8)48(63)36-17-20-59(30(36)4)49(64)42-27-54-42/h11,13,15-16,18,21-22,24-25,29-31,36,40-42,45,54,56,61H,10,12,14,17,19-20,23,26-28H2,1-9H3,(H,55,62)/t30-,31+,36-,40+,41+,42-,45?/m1/s1. The maximum absolute atomic E-state index is 14.8. The van der Waals surface area contributed by atoms with Crippen molar-refractivity contribution in [2.24, 2.45) is 17.3 Å². The molecule has 3 saturated heterocycles. The minimum absolute atomic E-state index is 0.00676. The van der Waals surface area contributed by atoms with Crippen LogP contribution in [0.5, 0.6) is 5.75 Å². The van der Waals surface area contributed by atoms with Crippen molar-refractivity contribution in [1.82, 2.24) is 40.4 Å². The first-order valence-electron chi connectivity index (χ1n) is 24.2. The molecular formula is C52H68N8O8. The molecule has 68 heavy (non-hydrogen) atoms. The summed E-state index contributed by atoms with van der Waals surface area (Å²) in [5.41, 5.74) is 9.57. The van der Waals surface area contributed by atoms with Gasteiger partial charge in [0.2, 0.25) is 17.7 Å². The molecule has 0 aliphatic carbocycles. The highest BCUT2D eigenvalue weighted by molar-refractivity contribution is 5.96. The molecule has 6 bridgehead atoms. The van der Waals surface area contributed by atoms with Crippen LogP contribution >= 0.6 is 0 Å². The van der Waals surface area contributed by atoms with E-state index < -0.39 is 47.2 Å². The van der Waals surface area contributed by atoms with Gasteiger partial charge >= 0.3 is 5.97 Å². The smallest absolute Gasteiger partial charge is 0.324 e. The minimum Gasteiger partial charge on any atom is -0.508 e. The highest BCUT2D eigenvalue weighted by Gasteiger charge is 2.46. The molecular weight excluding hydrogens is 865 g/mol. The van der Waals surface area contributed by atoms with Gasteiger partial charge in [-0.05, 0) is 111 Å². The number of pyridine rings is 1. The molecule has 0 saturated carbocycles. The number of phenolic OH excluding ortho intramolecular Hbond substituents is 1. The molecule has 6 heterocycles. The van der Waals surface area contributed by atoms with Crippen molar-refractivity contribution < 1.29 is 38.6 Å². The van der Waals surface area contributed by atoms with Crippen LogP contribution in [0.4, 0.5) is 0 Å². The fourth-order valence-corrected chi connectivity index (χ4v) is 10.7. The Labute approximate surface area is 399 Å². The lowest BCUT2D eigenvalue weighted by atomic mass is 9.84. The van der Waals surface area contributed by atoms with E-state index in [1.54, 1.807) is 37.4 Å². The average molecular weight is 933 g/mol. The number of ether oxygens (including phenoxy) is 2. The fraction of sp³-hybridized carbons (Fsp3) is 0.538. The molecule has 16 nitrogen and oxygen atoms in total. The van der Waals surface area contributed by atoms with Gasteiger partial charge in [0.25, 0.3) is 5.91 Å². The molecule has 0 radical (unpaired) electrons. The summed E-state index contributed by atoms with van der Waals surface area (Å²) < 4.78 is 14.2. The minimum atomic E-state index is -1.16. The Hall–Kier alpha value is -5.84. The van der Waals surface area contributed by atoms with Gasteiger partial charge in [-0.25, -0.2) is 5.43 Å². The van der Waals surface area contributed by atoms with E-state index in [9.17, 15) is 29.1 Å². The summed E-state index contributed by atoms with van der Waals surface area (Å²) in [4.78, 5) is 78.6. The molecule has 7 atom stereocenters. The zero-order valence-electron chi connectivity index (χ0n) is 40.9. The van der Waals surface area contributed by atoms with E-state index in [4.69, 9.17) is 14.5 Å². The number of hydrogen-bond acceptors (Lipinski definition) is 11. The topological polar surface area (TPSA) is 198 Å². The number of nitrogens with zero attached hydrogens (tertiary/aromatic N) is 5. The zero-order chi connectivity index (χ0) is 48.8. The first kappa shape index (κ1) is 48.6. The number of aryl methyl sites for hydroxylation is 1. The van der Waals surface area contributed by atoms with E-state index in [0.29, 0.717) is 50.9 Å². The molecule has 0 spiro atoms. The van der Waals surface area contributed by atoms with Crippen molar-refractivity contribution in [1.29, 1.82) is 0 Å². The van der Waals surface area contributed by atoms with Crippen LogP contribution in [0.3, 0.4) is 0 Å². The number of methoxy groups -OCH3 is 1. The Balaban J connectivity index is 1.18. The number of likely N-dealkylation sites (N-methyl/N-ethyl adjacent to an activating group) is 1. The number of rotatable bonds is 10. The molecule has 2 aromatic carbocycles. The van der Waals surface area contributed by atoms with E-state index in [-0.39, 0.29) is 61.2 Å². The molecule has 4 amide bonds. The quantitative estimate of drug-likeness (QED) is 0.121. The number of amides is 4. The summed E-state index contributed by atoms with van der Waals surface area (Å²) in [6, 6.07) is 12.0. The van der Waals surface area contributed by atoms with Crippen LogP contribution in [0.15, 0.2) is 54.7 Å². The summed E-state index contributed by atoms with van der Waals surface area (Å²) in [7, 11) is 3.28. The first-order valence-corrected chi connectivity index (χ1v) is 24.2. The van der Waals surface area contributed by atoms with Crippen molar-refractivity contribution in [2.75, 3.05) is 40.4 Å². The number of cyclic esters (lactones) is 1. The van der Waals surface area contributed by atoms with Crippen LogP contribution in [0.2, 0.25) is 0 Å². The maximum Gasteiger partial charge on any atom is 0.324 e. The summed E-state index contributed by atoms with van der Waals surface area (Å²) in [5, 5.41) is 19.8. The van der Waals surface area contributed by atoms with Crippen molar-refractivity contribution in [3.05, 3.63) is 71.5 Å². The molecule has 3 fully saturated rings. The molecule has 4 aliphatic rings. The summed E-state index contributed by atoms with van der Waals surface area (Å²) in [6.07, 6.45) is 3.46. The normalized spacial score (nSPS) is 23.8. The third kappa shape index (κ3) is 9.72. The van der Waals surface area contributed by atoms with Crippen molar-refractivity contribution in [3.8, 4) is 28.1 Å². The van der Waals surface area contributed by atoms with Crippen LogP contribution in [0.1, 0.15) is 90.7 Å². The summed E-state index contributed by atoms with van der Waals surface area (Å²) in [6.45, 7) is 16.0. The van der Waals surface area contributed by atoms with Gasteiger partial charge in [-0.3, -0.25) is 34.0 Å². The molecule has 2 aromatic heterocycles. The molecule has 364 valence electrons.